The quantitative estimate of drug-likeness (QED) is 0.533. The smallest absolute Gasteiger partial charge is 0.264 e. The number of nitrogens with one attached hydrogen (secondary N) is 2. The van der Waals surface area contributed by atoms with E-state index >= 15 is 0 Å². The van der Waals surface area contributed by atoms with Crippen molar-refractivity contribution in [1.82, 2.24) is 9.71 Å². The zero-order valence-electron chi connectivity index (χ0n) is 15.0. The van der Waals surface area contributed by atoms with Crippen LogP contribution in [-0.2, 0) is 11.2 Å². The van der Waals surface area contributed by atoms with Gasteiger partial charge in [-0.1, -0.05) is 29.8 Å². The Labute approximate surface area is 164 Å². The molecule has 0 saturated carbocycles. The lowest BCUT2D eigenvalue weighted by Crippen LogP contribution is -2.29. The Morgan fingerprint density at radius 1 is 0.964 bits per heavy atom. The van der Waals surface area contributed by atoms with Crippen molar-refractivity contribution in [2.45, 2.75) is 6.92 Å². The molecule has 0 bridgehead atoms. The first-order valence-electron chi connectivity index (χ1n) is 8.60. The number of aryl methyl sites for hydroxylation is 1. The molecule has 0 aliphatic heterocycles. The van der Waals surface area contributed by atoms with Gasteiger partial charge in [-0.15, -0.1) is 0 Å². The fourth-order valence-corrected chi connectivity index (χ4v) is 3.34. The van der Waals surface area contributed by atoms with Crippen molar-refractivity contribution in [1.29, 1.82) is 0 Å². The lowest BCUT2D eigenvalue weighted by Gasteiger charge is -2.08. The fraction of sp³-hybridized carbons (Fsp3) is 0.0476. The van der Waals surface area contributed by atoms with Gasteiger partial charge in [0.15, 0.2) is 5.58 Å². The molecule has 1 amide bonds. The highest BCUT2D eigenvalue weighted by Crippen LogP contribution is 2.25. The fourth-order valence-electron chi connectivity index (χ4n) is 2.66. The van der Waals surface area contributed by atoms with Crippen LogP contribution in [0.1, 0.15) is 15.9 Å². The average molecular weight is 391 g/mol. The van der Waals surface area contributed by atoms with Gasteiger partial charge in [-0.2, -0.15) is 0 Å². The van der Waals surface area contributed by atoms with Gasteiger partial charge in [-0.25, -0.2) is 9.19 Å². The number of carbonyl (C=O) groups excluding carboxylic acids is 1. The second kappa shape index (κ2) is 7.66. The van der Waals surface area contributed by atoms with Crippen molar-refractivity contribution in [3.05, 3.63) is 83.9 Å². The Hall–Kier alpha value is -3.45. The molecule has 0 spiro atoms. The molecule has 0 aliphatic carbocycles. The number of aromatic nitrogens is 1. The van der Waals surface area contributed by atoms with Crippen LogP contribution in [0.4, 0.5) is 5.69 Å². The summed E-state index contributed by atoms with van der Waals surface area (Å²) in [6.45, 7) is 1.94. The first-order chi connectivity index (χ1) is 13.6. The van der Waals surface area contributed by atoms with Gasteiger partial charge in [0.2, 0.25) is 17.1 Å². The number of fused-ring (bicyclic) bond motifs is 1. The maximum absolute atomic E-state index is 12.2. The third-order valence-corrected chi connectivity index (χ3v) is 4.93. The standard InChI is InChI=1S/C21H17N3O3S/c1-14-6-8-15(9-7-14)20(25)24-28(26)23-17-12-10-16(11-13-17)21-22-18-4-2-3-5-19(18)27-21/h2-13,23H,1H3,(H,24,25). The topological polar surface area (TPSA) is 84.2 Å². The summed E-state index contributed by atoms with van der Waals surface area (Å²) in [5, 5.41) is 0. The van der Waals surface area contributed by atoms with E-state index in [2.05, 4.69) is 14.4 Å². The predicted octanol–water partition coefficient (Wildman–Crippen LogP) is 4.22. The summed E-state index contributed by atoms with van der Waals surface area (Å²) in [7, 11) is 0. The van der Waals surface area contributed by atoms with Crippen LogP contribution in [0.15, 0.2) is 77.2 Å². The predicted molar refractivity (Wildman–Crippen MR) is 110 cm³/mol. The van der Waals surface area contributed by atoms with E-state index in [9.17, 15) is 9.00 Å². The van der Waals surface area contributed by atoms with Crippen molar-refractivity contribution in [2.24, 2.45) is 0 Å². The van der Waals surface area contributed by atoms with Gasteiger partial charge in [0.05, 0.1) is 0 Å². The van der Waals surface area contributed by atoms with Gasteiger partial charge >= 0.3 is 0 Å². The number of hydrogen-bond acceptors (Lipinski definition) is 4. The molecule has 2 N–H and O–H groups in total. The second-order valence-corrected chi connectivity index (χ2v) is 7.18. The van der Waals surface area contributed by atoms with E-state index in [-0.39, 0.29) is 0 Å². The second-order valence-electron chi connectivity index (χ2n) is 6.23. The van der Waals surface area contributed by atoms with Gasteiger partial charge in [-0.05, 0) is 55.5 Å². The molecule has 1 heterocycles. The largest absolute Gasteiger partial charge is 0.436 e. The molecule has 4 rings (SSSR count). The lowest BCUT2D eigenvalue weighted by molar-refractivity contribution is 0.0983. The Balaban J connectivity index is 1.41. The van der Waals surface area contributed by atoms with Crippen LogP contribution in [-0.4, -0.2) is 15.1 Å². The minimum absolute atomic E-state index is 0.408. The molecular weight excluding hydrogens is 374 g/mol. The number of oxazole rings is 1. The summed E-state index contributed by atoms with van der Waals surface area (Å²) in [6.07, 6.45) is 0. The van der Waals surface area contributed by atoms with Crippen LogP contribution in [0.2, 0.25) is 0 Å². The number of para-hydroxylation sites is 2. The maximum atomic E-state index is 12.2. The summed E-state index contributed by atoms with van der Waals surface area (Å²) in [5.74, 6) is 0.107. The zero-order valence-corrected chi connectivity index (χ0v) is 15.8. The third kappa shape index (κ3) is 3.94. The average Bonchev–Trinajstić information content (AvgIpc) is 3.13. The van der Waals surface area contributed by atoms with Crippen molar-refractivity contribution < 1.29 is 13.4 Å². The zero-order chi connectivity index (χ0) is 19.5. The summed E-state index contributed by atoms with van der Waals surface area (Å²) in [5.41, 5.74) is 4.42. The summed E-state index contributed by atoms with van der Waals surface area (Å²) in [6, 6.07) is 21.7. The van der Waals surface area contributed by atoms with E-state index < -0.39 is 17.1 Å². The highest BCUT2D eigenvalue weighted by atomic mass is 32.2. The van der Waals surface area contributed by atoms with Gasteiger partial charge in [0, 0.05) is 16.8 Å². The van der Waals surface area contributed by atoms with Crippen LogP contribution in [0.5, 0.6) is 0 Å². The third-order valence-electron chi connectivity index (χ3n) is 4.14. The van der Waals surface area contributed by atoms with E-state index in [1.807, 2.05) is 55.5 Å². The van der Waals surface area contributed by atoms with Crippen LogP contribution < -0.4 is 9.44 Å². The molecule has 28 heavy (non-hydrogen) atoms. The monoisotopic (exact) mass is 391 g/mol. The van der Waals surface area contributed by atoms with Gasteiger partial charge in [-0.3, -0.25) is 14.2 Å². The van der Waals surface area contributed by atoms with Crippen molar-refractivity contribution in [3.63, 3.8) is 0 Å². The number of carbonyl (C=O) groups is 1. The molecule has 0 aliphatic rings. The van der Waals surface area contributed by atoms with Crippen molar-refractivity contribution in [2.75, 3.05) is 4.72 Å². The molecule has 1 atom stereocenters. The Morgan fingerprint density at radius 3 is 2.39 bits per heavy atom. The minimum atomic E-state index is -1.76. The molecule has 7 heteroatoms. The Kier molecular flexibility index (Phi) is 4.90. The SMILES string of the molecule is Cc1ccc(C(=O)NS(=O)Nc2ccc(-c3nc4ccccc4o3)cc2)cc1. The number of rotatable bonds is 5. The number of anilines is 1. The van der Waals surface area contributed by atoms with E-state index in [1.54, 1.807) is 24.3 Å². The van der Waals surface area contributed by atoms with Crippen LogP contribution >= 0.6 is 0 Å². The Bertz CT molecular complexity index is 1120. The normalized spacial score (nSPS) is 11.9. The van der Waals surface area contributed by atoms with Crippen LogP contribution in [0, 0.1) is 6.92 Å². The number of benzene rings is 3. The van der Waals surface area contributed by atoms with Crippen molar-refractivity contribution >= 4 is 33.9 Å². The summed E-state index contributed by atoms with van der Waals surface area (Å²) >= 11 is -1.76. The molecule has 3 aromatic carbocycles. The highest BCUT2D eigenvalue weighted by molar-refractivity contribution is 7.85. The first-order valence-corrected chi connectivity index (χ1v) is 9.75. The summed E-state index contributed by atoms with van der Waals surface area (Å²) in [4.78, 5) is 16.6. The molecule has 0 fully saturated rings. The molecule has 4 aromatic rings. The maximum Gasteiger partial charge on any atom is 0.264 e. The highest BCUT2D eigenvalue weighted by Gasteiger charge is 2.10. The van der Waals surface area contributed by atoms with Gasteiger partial charge in [0.25, 0.3) is 5.91 Å². The van der Waals surface area contributed by atoms with Crippen molar-refractivity contribution in [3.8, 4) is 11.5 Å². The molecule has 1 aromatic heterocycles. The van der Waals surface area contributed by atoms with E-state index in [0.717, 1.165) is 22.2 Å². The molecule has 0 saturated heterocycles. The molecule has 6 nitrogen and oxygen atoms in total. The Morgan fingerprint density at radius 2 is 1.68 bits per heavy atom. The minimum Gasteiger partial charge on any atom is -0.436 e. The number of nitrogens with zero attached hydrogens (tertiary/aromatic N) is 1. The number of amides is 1. The molecule has 140 valence electrons. The van der Waals surface area contributed by atoms with Gasteiger partial charge in [0.1, 0.15) is 5.52 Å². The van der Waals surface area contributed by atoms with E-state index in [4.69, 9.17) is 4.42 Å². The number of hydrogen-bond donors (Lipinski definition) is 2. The lowest BCUT2D eigenvalue weighted by atomic mass is 10.1. The summed E-state index contributed by atoms with van der Waals surface area (Å²) < 4.78 is 23.1. The van der Waals surface area contributed by atoms with E-state index in [0.29, 0.717) is 17.1 Å². The van der Waals surface area contributed by atoms with Gasteiger partial charge < -0.3 is 4.42 Å². The molecular formula is C21H17N3O3S. The van der Waals surface area contributed by atoms with E-state index in [1.165, 1.54) is 0 Å². The molecule has 0 radical (unpaired) electrons. The van der Waals surface area contributed by atoms with Crippen LogP contribution in [0.25, 0.3) is 22.6 Å². The molecule has 1 unspecified atom stereocenters. The first kappa shape index (κ1) is 17.9. The van der Waals surface area contributed by atoms with Crippen LogP contribution in [0.3, 0.4) is 0 Å².